The average Bonchev–Trinajstić information content (AvgIpc) is 2.66. The smallest absolute Gasteiger partial charge is 0.311 e. The zero-order valence-corrected chi connectivity index (χ0v) is 16.2. The predicted octanol–water partition coefficient (Wildman–Crippen LogP) is 3.40. The Kier molecular flexibility index (Phi) is 6.89. The van der Waals surface area contributed by atoms with Crippen molar-refractivity contribution in [2.75, 3.05) is 14.2 Å². The van der Waals surface area contributed by atoms with Crippen LogP contribution in [0.15, 0.2) is 46.9 Å². The summed E-state index contributed by atoms with van der Waals surface area (Å²) in [5, 5.41) is 13.9. The van der Waals surface area contributed by atoms with E-state index in [2.05, 4.69) is 21.2 Å². The van der Waals surface area contributed by atoms with Gasteiger partial charge in [0.05, 0.1) is 31.6 Å². The van der Waals surface area contributed by atoms with Gasteiger partial charge in [0.25, 0.3) is 5.91 Å². The van der Waals surface area contributed by atoms with Gasteiger partial charge in [0, 0.05) is 16.1 Å². The van der Waals surface area contributed by atoms with Crippen molar-refractivity contribution in [3.63, 3.8) is 0 Å². The molecular weight excluding hydrogens is 420 g/mol. The highest BCUT2D eigenvalue weighted by molar-refractivity contribution is 9.10. The van der Waals surface area contributed by atoms with E-state index in [9.17, 15) is 19.7 Å². The Hall–Kier alpha value is -2.94. The van der Waals surface area contributed by atoms with Gasteiger partial charge in [0.2, 0.25) is 0 Å². The first-order valence-electron chi connectivity index (χ1n) is 7.81. The third kappa shape index (κ3) is 5.27. The zero-order valence-electron chi connectivity index (χ0n) is 14.6. The summed E-state index contributed by atoms with van der Waals surface area (Å²) in [6.07, 6.45) is -0.0864. The third-order valence-electron chi connectivity index (χ3n) is 3.79. The summed E-state index contributed by atoms with van der Waals surface area (Å²) in [7, 11) is 2.57. The number of hydrogen-bond acceptors (Lipinski definition) is 6. The lowest BCUT2D eigenvalue weighted by Crippen LogP contribution is -2.30. The molecule has 8 nitrogen and oxygen atoms in total. The van der Waals surface area contributed by atoms with Crippen LogP contribution in [0.2, 0.25) is 0 Å². The Labute approximate surface area is 163 Å². The predicted molar refractivity (Wildman–Crippen MR) is 101 cm³/mol. The van der Waals surface area contributed by atoms with Crippen molar-refractivity contribution in [2.24, 2.45) is 0 Å². The van der Waals surface area contributed by atoms with Crippen LogP contribution in [0.25, 0.3) is 0 Å². The monoisotopic (exact) mass is 436 g/mol. The number of carbonyl (C=O) groups is 2. The fraction of sp³-hybridized carbons (Fsp3) is 0.222. The number of carbonyl (C=O) groups excluding carboxylic acids is 2. The Bertz CT molecular complexity index is 871. The Balaban J connectivity index is 2.31. The number of benzene rings is 2. The van der Waals surface area contributed by atoms with Crippen LogP contribution in [-0.4, -0.2) is 31.0 Å². The normalized spacial score (nSPS) is 11.4. The summed E-state index contributed by atoms with van der Waals surface area (Å²) in [6.45, 7) is 0. The van der Waals surface area contributed by atoms with Crippen molar-refractivity contribution in [3.8, 4) is 5.75 Å². The van der Waals surface area contributed by atoms with Crippen molar-refractivity contribution in [2.45, 2.75) is 12.5 Å². The van der Waals surface area contributed by atoms with E-state index < -0.39 is 22.8 Å². The Morgan fingerprint density at radius 1 is 1.22 bits per heavy atom. The van der Waals surface area contributed by atoms with Gasteiger partial charge >= 0.3 is 11.7 Å². The van der Waals surface area contributed by atoms with Crippen LogP contribution in [0, 0.1) is 10.1 Å². The minimum Gasteiger partial charge on any atom is -0.490 e. The van der Waals surface area contributed by atoms with Gasteiger partial charge in [-0.2, -0.15) is 0 Å². The molecule has 2 rings (SSSR count). The molecule has 1 N–H and O–H groups in total. The van der Waals surface area contributed by atoms with Gasteiger partial charge in [0.15, 0.2) is 5.75 Å². The number of nitro groups is 1. The fourth-order valence-corrected chi connectivity index (χ4v) is 2.86. The first-order chi connectivity index (χ1) is 12.8. The molecular formula is C18H17BrN2O6. The molecule has 0 heterocycles. The SMILES string of the molecule is COC(=O)CC(NC(=O)c1ccc(OC)c([N+](=O)[O-])c1)c1cccc(Br)c1. The van der Waals surface area contributed by atoms with Crippen molar-refractivity contribution >= 4 is 33.5 Å². The first-order valence-corrected chi connectivity index (χ1v) is 8.60. The van der Waals surface area contributed by atoms with E-state index in [1.165, 1.54) is 26.4 Å². The molecule has 1 unspecified atom stereocenters. The lowest BCUT2D eigenvalue weighted by Gasteiger charge is -2.18. The van der Waals surface area contributed by atoms with E-state index >= 15 is 0 Å². The lowest BCUT2D eigenvalue weighted by molar-refractivity contribution is -0.385. The molecule has 2 aromatic carbocycles. The molecule has 0 aliphatic heterocycles. The maximum absolute atomic E-state index is 12.6. The van der Waals surface area contributed by atoms with Gasteiger partial charge in [-0.15, -0.1) is 0 Å². The molecule has 9 heteroatoms. The minimum atomic E-state index is -0.663. The number of ether oxygens (including phenoxy) is 2. The summed E-state index contributed by atoms with van der Waals surface area (Å²) >= 11 is 3.35. The number of halogens is 1. The van der Waals surface area contributed by atoms with Crippen LogP contribution in [0.3, 0.4) is 0 Å². The van der Waals surface area contributed by atoms with Crippen LogP contribution >= 0.6 is 15.9 Å². The van der Waals surface area contributed by atoms with Gasteiger partial charge in [-0.05, 0) is 29.8 Å². The molecule has 27 heavy (non-hydrogen) atoms. The van der Waals surface area contributed by atoms with Crippen LogP contribution < -0.4 is 10.1 Å². The molecule has 0 radical (unpaired) electrons. The largest absolute Gasteiger partial charge is 0.490 e. The van der Waals surface area contributed by atoms with E-state index in [4.69, 9.17) is 9.47 Å². The number of rotatable bonds is 7. The second kappa shape index (κ2) is 9.13. The topological polar surface area (TPSA) is 108 Å². The average molecular weight is 437 g/mol. The standard InChI is InChI=1S/C18H17BrN2O6/c1-26-16-7-6-12(9-15(16)21(24)25)18(23)20-14(10-17(22)27-2)11-4-3-5-13(19)8-11/h3-9,14H,10H2,1-2H3,(H,20,23). The van der Waals surface area contributed by atoms with Crippen molar-refractivity contribution in [3.05, 3.63) is 68.2 Å². The van der Waals surface area contributed by atoms with Crippen LogP contribution in [0.5, 0.6) is 5.75 Å². The van der Waals surface area contributed by atoms with Crippen molar-refractivity contribution in [1.82, 2.24) is 5.32 Å². The molecule has 0 aliphatic rings. The summed E-state index contributed by atoms with van der Waals surface area (Å²) in [4.78, 5) is 34.9. The molecule has 0 saturated heterocycles. The molecule has 0 saturated carbocycles. The van der Waals surface area contributed by atoms with Gasteiger partial charge in [-0.1, -0.05) is 28.1 Å². The number of amides is 1. The highest BCUT2D eigenvalue weighted by Gasteiger charge is 2.23. The van der Waals surface area contributed by atoms with E-state index in [1.54, 1.807) is 18.2 Å². The van der Waals surface area contributed by atoms with Gasteiger partial charge in [0.1, 0.15) is 0 Å². The highest BCUT2D eigenvalue weighted by atomic mass is 79.9. The maximum atomic E-state index is 12.6. The molecule has 1 atom stereocenters. The number of nitrogens with one attached hydrogen (secondary N) is 1. The summed E-state index contributed by atoms with van der Waals surface area (Å²) in [5.41, 5.74) is 0.440. The Morgan fingerprint density at radius 3 is 2.56 bits per heavy atom. The molecule has 0 aromatic heterocycles. The van der Waals surface area contributed by atoms with Crippen LogP contribution in [0.4, 0.5) is 5.69 Å². The molecule has 0 aliphatic carbocycles. The van der Waals surface area contributed by atoms with Gasteiger partial charge in [-0.3, -0.25) is 19.7 Å². The summed E-state index contributed by atoms with van der Waals surface area (Å²) in [5.74, 6) is -1.01. The zero-order chi connectivity index (χ0) is 20.0. The van der Waals surface area contributed by atoms with Gasteiger partial charge < -0.3 is 14.8 Å². The fourth-order valence-electron chi connectivity index (χ4n) is 2.44. The number of methoxy groups -OCH3 is 2. The quantitative estimate of drug-likeness (QED) is 0.404. The highest BCUT2D eigenvalue weighted by Crippen LogP contribution is 2.28. The number of hydrogen-bond donors (Lipinski definition) is 1. The van der Waals surface area contributed by atoms with Crippen LogP contribution in [0.1, 0.15) is 28.4 Å². The number of esters is 1. The molecule has 0 bridgehead atoms. The van der Waals surface area contributed by atoms with Crippen LogP contribution in [-0.2, 0) is 9.53 Å². The number of nitrogens with zero attached hydrogens (tertiary/aromatic N) is 1. The second-order valence-electron chi connectivity index (χ2n) is 5.51. The van der Waals surface area contributed by atoms with E-state index in [0.29, 0.717) is 5.56 Å². The van der Waals surface area contributed by atoms with Crippen molar-refractivity contribution in [1.29, 1.82) is 0 Å². The molecule has 142 valence electrons. The van der Waals surface area contributed by atoms with E-state index in [1.807, 2.05) is 6.07 Å². The van der Waals surface area contributed by atoms with E-state index in [0.717, 1.165) is 10.5 Å². The molecule has 1 amide bonds. The second-order valence-corrected chi connectivity index (χ2v) is 6.42. The third-order valence-corrected chi connectivity index (χ3v) is 4.29. The minimum absolute atomic E-state index is 0.0506. The molecule has 2 aromatic rings. The number of nitro benzene ring substituents is 1. The summed E-state index contributed by atoms with van der Waals surface area (Å²) < 4.78 is 10.4. The first kappa shape index (κ1) is 20.4. The molecule has 0 fully saturated rings. The maximum Gasteiger partial charge on any atom is 0.311 e. The lowest BCUT2D eigenvalue weighted by atomic mass is 10.0. The van der Waals surface area contributed by atoms with E-state index in [-0.39, 0.29) is 23.4 Å². The summed E-state index contributed by atoms with van der Waals surface area (Å²) in [6, 6.07) is 10.3. The molecule has 0 spiro atoms. The van der Waals surface area contributed by atoms with Crippen molar-refractivity contribution < 1.29 is 24.0 Å². The van der Waals surface area contributed by atoms with Gasteiger partial charge in [-0.25, -0.2) is 0 Å². The Morgan fingerprint density at radius 2 is 1.96 bits per heavy atom.